The summed E-state index contributed by atoms with van der Waals surface area (Å²) in [6.45, 7) is 0. The Balaban J connectivity index is 2.24. The topological polar surface area (TPSA) is 81.1 Å². The lowest BCUT2D eigenvalue weighted by Crippen LogP contribution is -2.38. The van der Waals surface area contributed by atoms with Gasteiger partial charge in [-0.25, -0.2) is 4.98 Å². The van der Waals surface area contributed by atoms with E-state index in [1.54, 1.807) is 48.5 Å². The predicted molar refractivity (Wildman–Crippen MR) is 74.5 cm³/mol. The van der Waals surface area contributed by atoms with Crippen LogP contribution in [0.25, 0.3) is 16.6 Å². The maximum Gasteiger partial charge on any atom is 0.266 e. The molecule has 0 bridgehead atoms. The van der Waals surface area contributed by atoms with Crippen LogP contribution >= 0.6 is 0 Å². The van der Waals surface area contributed by atoms with Crippen molar-refractivity contribution in [3.63, 3.8) is 0 Å². The molecule has 0 spiro atoms. The average Bonchev–Trinajstić information content (AvgIpc) is 2.69. The van der Waals surface area contributed by atoms with Crippen LogP contribution in [0.15, 0.2) is 53.3 Å². The number of aliphatic hydroxyl groups is 1. The Morgan fingerprint density at radius 2 is 1.80 bits per heavy atom. The SMILES string of the molecule is NC1(O)c2ccccc2-n2c1nc1ccccc1c2=O. The monoisotopic (exact) mass is 265 g/mol. The lowest BCUT2D eigenvalue weighted by Gasteiger charge is -2.17. The summed E-state index contributed by atoms with van der Waals surface area (Å²) in [7, 11) is 0. The summed E-state index contributed by atoms with van der Waals surface area (Å²) < 4.78 is 1.39. The molecule has 1 atom stereocenters. The second kappa shape index (κ2) is 3.53. The van der Waals surface area contributed by atoms with Crippen molar-refractivity contribution in [2.75, 3.05) is 0 Å². The molecule has 2 heterocycles. The molecule has 1 aliphatic rings. The van der Waals surface area contributed by atoms with Gasteiger partial charge in [-0.2, -0.15) is 0 Å². The Morgan fingerprint density at radius 3 is 2.65 bits per heavy atom. The van der Waals surface area contributed by atoms with Crippen LogP contribution in [0.5, 0.6) is 0 Å². The van der Waals surface area contributed by atoms with Crippen LogP contribution in [-0.4, -0.2) is 14.7 Å². The molecule has 0 saturated heterocycles. The number of hydrogen-bond acceptors (Lipinski definition) is 4. The molecule has 20 heavy (non-hydrogen) atoms. The predicted octanol–water partition coefficient (Wildman–Crippen LogP) is 0.851. The van der Waals surface area contributed by atoms with Gasteiger partial charge < -0.3 is 5.11 Å². The third kappa shape index (κ3) is 1.23. The number of hydrogen-bond donors (Lipinski definition) is 2. The normalized spacial score (nSPS) is 19.9. The first-order chi connectivity index (χ1) is 9.60. The molecule has 5 nitrogen and oxygen atoms in total. The smallest absolute Gasteiger partial charge is 0.266 e. The van der Waals surface area contributed by atoms with Crippen molar-refractivity contribution in [2.24, 2.45) is 5.73 Å². The molecule has 1 aromatic heterocycles. The quantitative estimate of drug-likeness (QED) is 0.590. The molecular weight excluding hydrogens is 254 g/mol. The molecule has 5 heteroatoms. The number of aromatic nitrogens is 2. The molecular formula is C15H11N3O2. The molecule has 0 radical (unpaired) electrons. The van der Waals surface area contributed by atoms with Crippen LogP contribution in [0.2, 0.25) is 0 Å². The van der Waals surface area contributed by atoms with Gasteiger partial charge >= 0.3 is 0 Å². The summed E-state index contributed by atoms with van der Waals surface area (Å²) in [6.07, 6.45) is 0. The first kappa shape index (κ1) is 11.3. The van der Waals surface area contributed by atoms with E-state index in [9.17, 15) is 9.90 Å². The van der Waals surface area contributed by atoms with E-state index in [0.717, 1.165) is 0 Å². The van der Waals surface area contributed by atoms with E-state index in [-0.39, 0.29) is 11.4 Å². The molecule has 3 N–H and O–H groups in total. The van der Waals surface area contributed by atoms with E-state index >= 15 is 0 Å². The van der Waals surface area contributed by atoms with Crippen molar-refractivity contribution < 1.29 is 5.11 Å². The number of nitrogens with zero attached hydrogens (tertiary/aromatic N) is 2. The summed E-state index contributed by atoms with van der Waals surface area (Å²) in [6, 6.07) is 14.1. The van der Waals surface area contributed by atoms with Crippen molar-refractivity contribution in [1.82, 2.24) is 9.55 Å². The second-order valence-corrected chi connectivity index (χ2v) is 4.88. The van der Waals surface area contributed by atoms with Crippen molar-refractivity contribution in [3.8, 4) is 5.69 Å². The molecule has 2 aromatic carbocycles. The minimum atomic E-state index is -1.75. The van der Waals surface area contributed by atoms with Gasteiger partial charge in [0.2, 0.25) is 5.72 Å². The highest BCUT2D eigenvalue weighted by atomic mass is 16.3. The zero-order valence-corrected chi connectivity index (χ0v) is 10.4. The van der Waals surface area contributed by atoms with Crippen molar-refractivity contribution in [1.29, 1.82) is 0 Å². The molecule has 0 saturated carbocycles. The van der Waals surface area contributed by atoms with E-state index in [2.05, 4.69) is 4.98 Å². The van der Waals surface area contributed by atoms with Gasteiger partial charge in [0.15, 0.2) is 5.82 Å². The number of rotatable bonds is 0. The molecule has 98 valence electrons. The van der Waals surface area contributed by atoms with Gasteiger partial charge in [0.1, 0.15) is 0 Å². The number of benzene rings is 2. The van der Waals surface area contributed by atoms with E-state index in [4.69, 9.17) is 5.73 Å². The fourth-order valence-corrected chi connectivity index (χ4v) is 2.72. The molecule has 1 unspecified atom stereocenters. The Kier molecular flexibility index (Phi) is 2.00. The first-order valence-corrected chi connectivity index (χ1v) is 6.24. The highest BCUT2D eigenvalue weighted by Crippen LogP contribution is 2.35. The van der Waals surface area contributed by atoms with Crippen molar-refractivity contribution >= 4 is 10.9 Å². The summed E-state index contributed by atoms with van der Waals surface area (Å²) >= 11 is 0. The van der Waals surface area contributed by atoms with Gasteiger partial charge in [-0.3, -0.25) is 15.1 Å². The Bertz CT molecular complexity index is 912. The minimum Gasteiger partial charge on any atom is -0.365 e. The fourth-order valence-electron chi connectivity index (χ4n) is 2.72. The highest BCUT2D eigenvalue weighted by Gasteiger charge is 2.41. The van der Waals surface area contributed by atoms with Crippen LogP contribution in [0.3, 0.4) is 0 Å². The maximum atomic E-state index is 12.6. The van der Waals surface area contributed by atoms with E-state index in [1.807, 2.05) is 0 Å². The van der Waals surface area contributed by atoms with Gasteiger partial charge in [-0.1, -0.05) is 30.3 Å². The maximum absolute atomic E-state index is 12.6. The molecule has 0 amide bonds. The molecule has 4 rings (SSSR count). The molecule has 0 aliphatic carbocycles. The largest absolute Gasteiger partial charge is 0.365 e. The Hall–Kier alpha value is -2.50. The zero-order valence-electron chi connectivity index (χ0n) is 10.4. The summed E-state index contributed by atoms with van der Waals surface area (Å²) in [5, 5.41) is 11.0. The minimum absolute atomic E-state index is 0.155. The van der Waals surface area contributed by atoms with Crippen LogP contribution in [0, 0.1) is 0 Å². The van der Waals surface area contributed by atoms with Crippen LogP contribution < -0.4 is 11.3 Å². The Morgan fingerprint density at radius 1 is 1.10 bits per heavy atom. The second-order valence-electron chi connectivity index (χ2n) is 4.88. The number of fused-ring (bicyclic) bond motifs is 4. The summed E-state index contributed by atoms with van der Waals surface area (Å²) in [4.78, 5) is 17.0. The summed E-state index contributed by atoms with van der Waals surface area (Å²) in [5.41, 5.74) is 5.61. The lowest BCUT2D eigenvalue weighted by molar-refractivity contribution is 0.0846. The summed E-state index contributed by atoms with van der Waals surface area (Å²) in [5.74, 6) is 0.155. The van der Waals surface area contributed by atoms with Gasteiger partial charge in [0, 0.05) is 5.56 Å². The lowest BCUT2D eigenvalue weighted by atomic mass is 10.1. The fraction of sp³-hybridized carbons (Fsp3) is 0.0667. The van der Waals surface area contributed by atoms with Gasteiger partial charge in [-0.05, 0) is 18.2 Å². The first-order valence-electron chi connectivity index (χ1n) is 6.24. The van der Waals surface area contributed by atoms with Gasteiger partial charge in [0.05, 0.1) is 16.6 Å². The van der Waals surface area contributed by atoms with E-state index in [1.165, 1.54) is 4.57 Å². The van der Waals surface area contributed by atoms with Crippen LogP contribution in [0.4, 0.5) is 0 Å². The third-order valence-electron chi connectivity index (χ3n) is 3.67. The van der Waals surface area contributed by atoms with Gasteiger partial charge in [-0.15, -0.1) is 0 Å². The van der Waals surface area contributed by atoms with Crippen LogP contribution in [0.1, 0.15) is 11.4 Å². The van der Waals surface area contributed by atoms with Crippen molar-refractivity contribution in [3.05, 3.63) is 70.3 Å². The van der Waals surface area contributed by atoms with Crippen LogP contribution in [-0.2, 0) is 5.72 Å². The van der Waals surface area contributed by atoms with Crippen molar-refractivity contribution in [2.45, 2.75) is 5.72 Å². The molecule has 0 fully saturated rings. The molecule has 3 aromatic rings. The number of nitrogens with two attached hydrogens (primary N) is 1. The standard InChI is InChI=1S/C15H11N3O2/c16-15(20)10-6-2-4-8-12(10)18-13(19)9-5-1-3-7-11(9)17-14(15)18/h1-8,20H,16H2. The van der Waals surface area contributed by atoms with E-state index in [0.29, 0.717) is 22.2 Å². The number of para-hydroxylation sites is 2. The average molecular weight is 265 g/mol. The van der Waals surface area contributed by atoms with E-state index < -0.39 is 5.72 Å². The third-order valence-corrected chi connectivity index (χ3v) is 3.67. The Labute approximate surface area is 113 Å². The highest BCUT2D eigenvalue weighted by molar-refractivity contribution is 5.78. The molecule has 1 aliphatic heterocycles. The zero-order chi connectivity index (χ0) is 13.9. The van der Waals surface area contributed by atoms with Gasteiger partial charge in [0.25, 0.3) is 5.56 Å².